The molecule has 298 valence electrons. The minimum absolute atomic E-state index is 0.0107. The van der Waals surface area contributed by atoms with Crippen molar-refractivity contribution in [2.24, 2.45) is 5.41 Å². The van der Waals surface area contributed by atoms with Crippen LogP contribution in [-0.2, 0) is 28.7 Å². The van der Waals surface area contributed by atoms with Gasteiger partial charge in [-0.05, 0) is 71.0 Å². The quantitative estimate of drug-likeness (QED) is 0.112. The maximum Gasteiger partial charge on any atom is 0.416 e. The predicted molar refractivity (Wildman–Crippen MR) is 215 cm³/mol. The third kappa shape index (κ3) is 9.60. The monoisotopic (exact) mass is 789 g/mol. The molecule has 5 aromatic carbocycles. The summed E-state index contributed by atoms with van der Waals surface area (Å²) in [4.78, 5) is 45.5. The van der Waals surface area contributed by atoms with Crippen LogP contribution >= 0.6 is 0 Å². The lowest BCUT2D eigenvalue weighted by Gasteiger charge is -2.37. The van der Waals surface area contributed by atoms with Crippen LogP contribution in [0.3, 0.4) is 0 Å². The second-order valence-corrected chi connectivity index (χ2v) is 15.0. The second-order valence-electron chi connectivity index (χ2n) is 15.0. The molecule has 1 unspecified atom stereocenters. The SMILES string of the molecule is COc1ccc(CC(=O)Nc2ccc(C(=O)N(Cc3ccc(-c4n[nH]c(-c5ccc(-c6ccc(C)cc6)cc5)n4)cc3)C(C(=O)O)C(C)(C)C)cc2)c(C(F)(F)F)c1. The van der Waals surface area contributed by atoms with Crippen LogP contribution in [0.4, 0.5) is 18.9 Å². The number of carboxylic acid groups (broad SMARTS) is 1. The first-order valence-electron chi connectivity index (χ1n) is 18.4. The average molecular weight is 790 g/mol. The van der Waals surface area contributed by atoms with E-state index >= 15 is 0 Å². The molecule has 6 aromatic rings. The Hall–Kier alpha value is -6.76. The Bertz CT molecular complexity index is 2400. The number of methoxy groups -OCH3 is 1. The van der Waals surface area contributed by atoms with E-state index in [1.165, 1.54) is 54.0 Å². The highest BCUT2D eigenvalue weighted by Crippen LogP contribution is 2.35. The van der Waals surface area contributed by atoms with Gasteiger partial charge in [-0.25, -0.2) is 9.78 Å². The summed E-state index contributed by atoms with van der Waals surface area (Å²) in [5, 5.41) is 20.3. The highest BCUT2D eigenvalue weighted by molar-refractivity contribution is 5.98. The van der Waals surface area contributed by atoms with Crippen molar-refractivity contribution < 1.29 is 37.4 Å². The summed E-state index contributed by atoms with van der Waals surface area (Å²) < 4.78 is 45.9. The first-order chi connectivity index (χ1) is 27.5. The zero-order valence-corrected chi connectivity index (χ0v) is 32.5. The van der Waals surface area contributed by atoms with Crippen LogP contribution in [0.15, 0.2) is 115 Å². The van der Waals surface area contributed by atoms with Gasteiger partial charge >= 0.3 is 12.1 Å². The van der Waals surface area contributed by atoms with Crippen molar-refractivity contribution in [1.82, 2.24) is 20.1 Å². The molecular weight excluding hydrogens is 748 g/mol. The van der Waals surface area contributed by atoms with Crippen LogP contribution in [0.1, 0.15) is 53.4 Å². The van der Waals surface area contributed by atoms with Gasteiger partial charge in [0.15, 0.2) is 11.6 Å². The molecular formula is C45H42F3N5O5. The van der Waals surface area contributed by atoms with Gasteiger partial charge in [0.1, 0.15) is 11.8 Å². The molecule has 10 nitrogen and oxygen atoms in total. The van der Waals surface area contributed by atoms with Crippen molar-refractivity contribution in [1.29, 1.82) is 0 Å². The first-order valence-corrected chi connectivity index (χ1v) is 18.4. The van der Waals surface area contributed by atoms with Gasteiger partial charge in [0, 0.05) is 28.9 Å². The summed E-state index contributed by atoms with van der Waals surface area (Å²) in [7, 11) is 1.25. The summed E-state index contributed by atoms with van der Waals surface area (Å²) in [5.41, 5.74) is 3.96. The van der Waals surface area contributed by atoms with Gasteiger partial charge in [0.25, 0.3) is 5.91 Å². The molecule has 1 atom stereocenters. The lowest BCUT2D eigenvalue weighted by atomic mass is 9.85. The minimum atomic E-state index is -4.70. The number of hydrogen-bond donors (Lipinski definition) is 3. The van der Waals surface area contributed by atoms with Gasteiger partial charge in [-0.1, -0.05) is 105 Å². The van der Waals surface area contributed by atoms with Gasteiger partial charge in [-0.2, -0.15) is 18.3 Å². The van der Waals surface area contributed by atoms with E-state index in [0.717, 1.165) is 22.8 Å². The number of aromatic amines is 1. The van der Waals surface area contributed by atoms with Crippen molar-refractivity contribution >= 4 is 23.5 Å². The molecule has 0 saturated heterocycles. The smallest absolute Gasteiger partial charge is 0.416 e. The number of aliphatic carboxylic acids is 1. The fourth-order valence-corrected chi connectivity index (χ4v) is 6.63. The van der Waals surface area contributed by atoms with E-state index in [9.17, 15) is 32.7 Å². The normalized spacial score (nSPS) is 12.1. The molecule has 0 aliphatic carbocycles. The Morgan fingerprint density at radius 1 is 0.810 bits per heavy atom. The standard InChI is InChI=1S/C45H42F3N5O5/c1-27-6-10-29(11-7-27)30-14-16-32(17-15-30)41-50-40(51-52-41)31-12-8-28(9-13-31)26-53(39(43(56)57)44(2,3)4)42(55)33-18-21-35(22-19-33)49-38(54)24-34-20-23-36(58-5)25-37(34)45(46,47)48/h6-23,25,39H,24,26H2,1-5H3,(H,49,54)(H,56,57)(H,50,51,52). The van der Waals surface area contributed by atoms with Crippen molar-refractivity contribution in [2.45, 2.75) is 52.9 Å². The van der Waals surface area contributed by atoms with Crippen molar-refractivity contribution in [3.63, 3.8) is 0 Å². The molecule has 1 aromatic heterocycles. The molecule has 58 heavy (non-hydrogen) atoms. The molecule has 13 heteroatoms. The number of carbonyl (C=O) groups is 3. The lowest BCUT2D eigenvalue weighted by Crippen LogP contribution is -2.51. The number of ether oxygens (including phenoxy) is 1. The minimum Gasteiger partial charge on any atom is -0.497 e. The fourth-order valence-electron chi connectivity index (χ4n) is 6.63. The number of aromatic nitrogens is 3. The van der Waals surface area contributed by atoms with E-state index in [1.807, 2.05) is 31.2 Å². The van der Waals surface area contributed by atoms with Crippen LogP contribution in [0.2, 0.25) is 0 Å². The molecule has 0 saturated carbocycles. The third-order valence-corrected chi connectivity index (χ3v) is 9.61. The highest BCUT2D eigenvalue weighted by Gasteiger charge is 2.39. The molecule has 2 amide bonds. The van der Waals surface area contributed by atoms with E-state index in [1.54, 1.807) is 45.0 Å². The first kappa shape index (κ1) is 40.9. The van der Waals surface area contributed by atoms with Gasteiger partial charge in [0.05, 0.1) is 19.1 Å². The van der Waals surface area contributed by atoms with E-state index in [-0.39, 0.29) is 29.1 Å². The number of alkyl halides is 3. The Morgan fingerprint density at radius 3 is 1.97 bits per heavy atom. The van der Waals surface area contributed by atoms with Crippen LogP contribution in [0.25, 0.3) is 33.9 Å². The number of anilines is 1. The van der Waals surface area contributed by atoms with Crippen molar-refractivity contribution in [3.8, 4) is 39.7 Å². The summed E-state index contributed by atoms with van der Waals surface area (Å²) in [6, 6.07) is 31.4. The number of carbonyl (C=O) groups excluding carboxylic acids is 2. The number of halogens is 3. The zero-order chi connectivity index (χ0) is 41.8. The van der Waals surface area contributed by atoms with Gasteiger partial charge in [-0.15, -0.1) is 0 Å². The maximum absolute atomic E-state index is 14.1. The number of hydrogen-bond acceptors (Lipinski definition) is 6. The molecule has 0 radical (unpaired) electrons. The third-order valence-electron chi connectivity index (χ3n) is 9.61. The van der Waals surface area contributed by atoms with E-state index in [2.05, 4.69) is 44.8 Å². The summed E-state index contributed by atoms with van der Waals surface area (Å²) >= 11 is 0. The number of nitrogens with zero attached hydrogens (tertiary/aromatic N) is 3. The van der Waals surface area contributed by atoms with Gasteiger partial charge in [-0.3, -0.25) is 14.7 Å². The number of nitrogens with one attached hydrogen (secondary N) is 2. The maximum atomic E-state index is 14.1. The van der Waals surface area contributed by atoms with Crippen LogP contribution < -0.4 is 10.1 Å². The Balaban J connectivity index is 1.16. The van der Waals surface area contributed by atoms with Crippen LogP contribution in [0, 0.1) is 12.3 Å². The average Bonchev–Trinajstić information content (AvgIpc) is 3.68. The van der Waals surface area contributed by atoms with Gasteiger partial charge < -0.3 is 20.1 Å². The Labute approximate surface area is 333 Å². The molecule has 0 aliphatic heterocycles. The molecule has 0 fully saturated rings. The molecule has 0 bridgehead atoms. The van der Waals surface area contributed by atoms with E-state index in [4.69, 9.17) is 4.74 Å². The molecule has 1 heterocycles. The zero-order valence-electron chi connectivity index (χ0n) is 32.5. The van der Waals surface area contributed by atoms with Crippen LogP contribution in [0.5, 0.6) is 5.75 Å². The lowest BCUT2D eigenvalue weighted by molar-refractivity contribution is -0.146. The van der Waals surface area contributed by atoms with Gasteiger partial charge in [0.2, 0.25) is 5.91 Å². The number of rotatable bonds is 12. The van der Waals surface area contributed by atoms with Crippen molar-refractivity contribution in [3.05, 3.63) is 143 Å². The molecule has 3 N–H and O–H groups in total. The topological polar surface area (TPSA) is 138 Å². The fraction of sp³-hybridized carbons (Fsp3) is 0.222. The van der Waals surface area contributed by atoms with Crippen molar-refractivity contribution in [2.75, 3.05) is 12.4 Å². The number of carboxylic acids is 1. The molecule has 6 rings (SSSR count). The van der Waals surface area contributed by atoms with E-state index in [0.29, 0.717) is 22.8 Å². The second kappa shape index (κ2) is 16.8. The van der Waals surface area contributed by atoms with Crippen LogP contribution in [-0.4, -0.2) is 56.1 Å². The van der Waals surface area contributed by atoms with E-state index < -0.39 is 47.4 Å². The molecule has 0 spiro atoms. The number of amides is 2. The highest BCUT2D eigenvalue weighted by atomic mass is 19.4. The summed E-state index contributed by atoms with van der Waals surface area (Å²) in [5.74, 6) is -1.38. The largest absolute Gasteiger partial charge is 0.497 e. The molecule has 0 aliphatic rings. The predicted octanol–water partition coefficient (Wildman–Crippen LogP) is 9.46. The number of H-pyrrole nitrogens is 1. The summed E-state index contributed by atoms with van der Waals surface area (Å²) in [6.45, 7) is 7.21. The summed E-state index contributed by atoms with van der Waals surface area (Å²) in [6.07, 6.45) is -5.25. The Kier molecular flexibility index (Phi) is 11.8. The Morgan fingerprint density at radius 2 is 1.40 bits per heavy atom. The number of aryl methyl sites for hydroxylation is 1. The number of benzene rings is 5.